The first kappa shape index (κ1) is 17.1. The lowest BCUT2D eigenvalue weighted by atomic mass is 10.2. The van der Waals surface area contributed by atoms with Crippen molar-refractivity contribution in [3.05, 3.63) is 18.2 Å². The average molecular weight is 294 g/mol. The summed E-state index contributed by atoms with van der Waals surface area (Å²) in [5.41, 5.74) is 0.903. The smallest absolute Gasteiger partial charge is 0.222 e. The van der Waals surface area contributed by atoms with Crippen LogP contribution in [0.15, 0.2) is 18.2 Å². The van der Waals surface area contributed by atoms with E-state index >= 15 is 0 Å². The monoisotopic (exact) mass is 294 g/mol. The Kier molecular flexibility index (Phi) is 7.43. The number of anilines is 1. The Morgan fingerprint density at radius 2 is 1.90 bits per heavy atom. The highest BCUT2D eigenvalue weighted by Crippen LogP contribution is 2.29. The number of nitrogens with zero attached hydrogens (tertiary/aromatic N) is 1. The maximum atomic E-state index is 11.5. The Bertz CT molecular complexity index is 447. The van der Waals surface area contributed by atoms with Gasteiger partial charge in [-0.3, -0.25) is 4.79 Å². The van der Waals surface area contributed by atoms with Crippen LogP contribution in [0.4, 0.5) is 5.69 Å². The minimum absolute atomic E-state index is 0.143. The number of ether oxygens (including phenoxy) is 2. The number of benzene rings is 1. The van der Waals surface area contributed by atoms with Crippen LogP contribution < -0.4 is 14.8 Å². The van der Waals surface area contributed by atoms with Crippen molar-refractivity contribution in [2.24, 2.45) is 0 Å². The number of carbonyl (C=O) groups excluding carboxylic acids is 1. The average Bonchev–Trinajstić information content (AvgIpc) is 2.46. The Labute approximate surface area is 127 Å². The lowest BCUT2D eigenvalue weighted by Crippen LogP contribution is -2.22. The molecule has 0 spiro atoms. The van der Waals surface area contributed by atoms with E-state index in [1.807, 2.05) is 32.0 Å². The molecule has 0 fully saturated rings. The summed E-state index contributed by atoms with van der Waals surface area (Å²) in [4.78, 5) is 13.1. The van der Waals surface area contributed by atoms with E-state index in [0.717, 1.165) is 30.2 Å². The second-order valence-corrected chi connectivity index (χ2v) is 4.84. The summed E-state index contributed by atoms with van der Waals surface area (Å²) in [5.74, 6) is 1.76. The molecule has 0 saturated heterocycles. The van der Waals surface area contributed by atoms with Gasteiger partial charge in [-0.2, -0.15) is 0 Å². The zero-order valence-corrected chi connectivity index (χ0v) is 13.4. The molecule has 0 aromatic heterocycles. The van der Waals surface area contributed by atoms with Crippen LogP contribution in [0, 0.1) is 0 Å². The molecule has 1 aromatic rings. The number of carbonyl (C=O) groups is 1. The third-order valence-electron chi connectivity index (χ3n) is 2.94. The van der Waals surface area contributed by atoms with E-state index in [1.165, 1.54) is 0 Å². The Morgan fingerprint density at radius 3 is 2.52 bits per heavy atom. The fraction of sp³-hybridized carbons (Fsp3) is 0.562. The SMILES string of the molecule is CCOc1ccc(OCC)c(NCCCC(=O)N(C)C)c1. The summed E-state index contributed by atoms with van der Waals surface area (Å²) < 4.78 is 11.1. The maximum Gasteiger partial charge on any atom is 0.222 e. The van der Waals surface area contributed by atoms with Crippen LogP contribution in [-0.4, -0.2) is 44.7 Å². The fourth-order valence-corrected chi connectivity index (χ4v) is 1.87. The molecule has 0 aliphatic heterocycles. The highest BCUT2D eigenvalue weighted by molar-refractivity contribution is 5.75. The molecular formula is C16H26N2O3. The number of hydrogen-bond donors (Lipinski definition) is 1. The second-order valence-electron chi connectivity index (χ2n) is 4.84. The Hall–Kier alpha value is -1.91. The summed E-state index contributed by atoms with van der Waals surface area (Å²) in [6.45, 7) is 5.87. The molecule has 0 radical (unpaired) electrons. The molecule has 0 atom stereocenters. The van der Waals surface area contributed by atoms with Gasteiger partial charge in [-0.25, -0.2) is 0 Å². The molecule has 0 unspecified atom stereocenters. The van der Waals surface area contributed by atoms with E-state index < -0.39 is 0 Å². The van der Waals surface area contributed by atoms with E-state index in [2.05, 4.69) is 5.32 Å². The lowest BCUT2D eigenvalue weighted by Gasteiger charge is -2.15. The summed E-state index contributed by atoms with van der Waals surface area (Å²) >= 11 is 0. The molecule has 0 bridgehead atoms. The normalized spacial score (nSPS) is 10.1. The predicted molar refractivity (Wildman–Crippen MR) is 85.2 cm³/mol. The highest BCUT2D eigenvalue weighted by atomic mass is 16.5. The van der Waals surface area contributed by atoms with Gasteiger partial charge in [-0.15, -0.1) is 0 Å². The van der Waals surface area contributed by atoms with Crippen molar-refractivity contribution >= 4 is 11.6 Å². The van der Waals surface area contributed by atoms with Crippen molar-refractivity contribution < 1.29 is 14.3 Å². The standard InChI is InChI=1S/C16H26N2O3/c1-5-20-13-9-10-15(21-6-2)14(12-13)17-11-7-8-16(19)18(3)4/h9-10,12,17H,5-8,11H2,1-4H3. The molecule has 0 aliphatic rings. The van der Waals surface area contributed by atoms with Crippen molar-refractivity contribution in [2.45, 2.75) is 26.7 Å². The maximum absolute atomic E-state index is 11.5. The molecule has 0 aliphatic carbocycles. The van der Waals surface area contributed by atoms with Crippen molar-refractivity contribution in [2.75, 3.05) is 39.2 Å². The van der Waals surface area contributed by atoms with Crippen LogP contribution in [0.1, 0.15) is 26.7 Å². The molecule has 0 saturated carbocycles. The van der Waals surface area contributed by atoms with Gasteiger partial charge in [0.2, 0.25) is 5.91 Å². The van der Waals surface area contributed by atoms with Gasteiger partial charge in [0.1, 0.15) is 11.5 Å². The summed E-state index contributed by atoms with van der Waals surface area (Å²) in [6, 6.07) is 5.74. The van der Waals surface area contributed by atoms with Crippen molar-refractivity contribution in [1.82, 2.24) is 4.90 Å². The molecule has 0 heterocycles. The molecule has 21 heavy (non-hydrogen) atoms. The number of rotatable bonds is 9. The van der Waals surface area contributed by atoms with Gasteiger partial charge in [0, 0.05) is 33.1 Å². The van der Waals surface area contributed by atoms with Crippen LogP contribution in [0.3, 0.4) is 0 Å². The van der Waals surface area contributed by atoms with E-state index in [1.54, 1.807) is 19.0 Å². The van der Waals surface area contributed by atoms with Gasteiger partial charge < -0.3 is 19.7 Å². The zero-order valence-electron chi connectivity index (χ0n) is 13.4. The molecular weight excluding hydrogens is 268 g/mol. The highest BCUT2D eigenvalue weighted by Gasteiger charge is 2.07. The van der Waals surface area contributed by atoms with Crippen LogP contribution in [0.5, 0.6) is 11.5 Å². The quantitative estimate of drug-likeness (QED) is 0.712. The van der Waals surface area contributed by atoms with Crippen molar-refractivity contribution in [3.63, 3.8) is 0 Å². The van der Waals surface area contributed by atoms with Crippen molar-refractivity contribution in [3.8, 4) is 11.5 Å². The Balaban J connectivity index is 2.58. The van der Waals surface area contributed by atoms with Gasteiger partial charge in [0.25, 0.3) is 0 Å². The molecule has 118 valence electrons. The number of nitrogens with one attached hydrogen (secondary N) is 1. The van der Waals surface area contributed by atoms with Gasteiger partial charge in [0.05, 0.1) is 18.9 Å². The van der Waals surface area contributed by atoms with Crippen molar-refractivity contribution in [1.29, 1.82) is 0 Å². The molecule has 5 heteroatoms. The van der Waals surface area contributed by atoms with Gasteiger partial charge in [0.15, 0.2) is 0 Å². The zero-order chi connectivity index (χ0) is 15.7. The molecule has 1 amide bonds. The molecule has 1 N–H and O–H groups in total. The fourth-order valence-electron chi connectivity index (χ4n) is 1.87. The van der Waals surface area contributed by atoms with Crippen LogP contribution in [0.2, 0.25) is 0 Å². The molecule has 1 rings (SSSR count). The summed E-state index contributed by atoms with van der Waals surface area (Å²) in [6.07, 6.45) is 1.32. The summed E-state index contributed by atoms with van der Waals surface area (Å²) in [7, 11) is 3.54. The lowest BCUT2D eigenvalue weighted by molar-refractivity contribution is -0.128. The topological polar surface area (TPSA) is 50.8 Å². The van der Waals surface area contributed by atoms with Gasteiger partial charge >= 0.3 is 0 Å². The second kappa shape index (κ2) is 9.10. The predicted octanol–water partition coefficient (Wildman–Crippen LogP) is 2.76. The van der Waals surface area contributed by atoms with Crippen LogP contribution in [0.25, 0.3) is 0 Å². The van der Waals surface area contributed by atoms with Gasteiger partial charge in [-0.1, -0.05) is 0 Å². The Morgan fingerprint density at radius 1 is 1.19 bits per heavy atom. The molecule has 1 aromatic carbocycles. The first-order valence-electron chi connectivity index (χ1n) is 7.42. The third kappa shape index (κ3) is 5.94. The molecule has 5 nitrogen and oxygen atoms in total. The van der Waals surface area contributed by atoms with E-state index in [0.29, 0.717) is 19.6 Å². The number of amides is 1. The minimum atomic E-state index is 0.143. The number of hydrogen-bond acceptors (Lipinski definition) is 4. The first-order valence-corrected chi connectivity index (χ1v) is 7.42. The third-order valence-corrected chi connectivity index (χ3v) is 2.94. The first-order chi connectivity index (χ1) is 10.1. The largest absolute Gasteiger partial charge is 0.494 e. The summed E-state index contributed by atoms with van der Waals surface area (Å²) in [5, 5.41) is 3.32. The van der Waals surface area contributed by atoms with E-state index in [9.17, 15) is 4.79 Å². The van der Waals surface area contributed by atoms with Gasteiger partial charge in [-0.05, 0) is 32.4 Å². The van der Waals surface area contributed by atoms with E-state index in [-0.39, 0.29) is 5.91 Å². The van der Waals surface area contributed by atoms with E-state index in [4.69, 9.17) is 9.47 Å². The van der Waals surface area contributed by atoms with Crippen LogP contribution in [-0.2, 0) is 4.79 Å². The van der Waals surface area contributed by atoms with Crippen LogP contribution >= 0.6 is 0 Å². The minimum Gasteiger partial charge on any atom is -0.494 e.